The topological polar surface area (TPSA) is 80.2 Å². The maximum Gasteiger partial charge on any atom is 0.274 e. The Morgan fingerprint density at radius 1 is 1.30 bits per heavy atom. The van der Waals surface area contributed by atoms with Crippen molar-refractivity contribution in [3.05, 3.63) is 46.2 Å². The first-order chi connectivity index (χ1) is 11.0. The van der Waals surface area contributed by atoms with E-state index in [2.05, 4.69) is 9.97 Å². The van der Waals surface area contributed by atoms with Gasteiger partial charge in [-0.2, -0.15) is 0 Å². The molecule has 3 rings (SSSR count). The minimum atomic E-state index is -3.26. The van der Waals surface area contributed by atoms with Crippen molar-refractivity contribution < 1.29 is 13.2 Å². The monoisotopic (exact) mass is 351 g/mol. The summed E-state index contributed by atoms with van der Waals surface area (Å²) in [5, 5.41) is 1.35. The Balaban J connectivity index is 1.80. The van der Waals surface area contributed by atoms with Crippen LogP contribution < -0.4 is 0 Å². The molecule has 0 saturated carbocycles. The molecular weight excluding hydrogens is 334 g/mol. The van der Waals surface area contributed by atoms with E-state index in [1.807, 2.05) is 17.5 Å². The zero-order valence-electron chi connectivity index (χ0n) is 12.7. The molecule has 2 aromatic rings. The van der Waals surface area contributed by atoms with Crippen LogP contribution in [0.3, 0.4) is 0 Å². The third-order valence-corrected chi connectivity index (χ3v) is 7.13. The molecule has 0 spiro atoms. The van der Waals surface area contributed by atoms with Gasteiger partial charge in [-0.25, -0.2) is 13.4 Å². The maximum atomic E-state index is 12.5. The number of amides is 1. The molecular formula is C15H17N3O3S2. The third-order valence-electron chi connectivity index (χ3n) is 3.89. The van der Waals surface area contributed by atoms with Gasteiger partial charge in [-0.1, -0.05) is 6.07 Å². The molecule has 122 valence electrons. The van der Waals surface area contributed by atoms with Gasteiger partial charge in [-0.05, 0) is 24.8 Å². The summed E-state index contributed by atoms with van der Waals surface area (Å²) in [7, 11) is -3.26. The van der Waals surface area contributed by atoms with E-state index in [1.165, 1.54) is 23.7 Å². The Bertz CT molecular complexity index is 786. The number of thiophene rings is 1. The second kappa shape index (κ2) is 6.37. The number of aryl methyl sites for hydroxylation is 1. The summed E-state index contributed by atoms with van der Waals surface area (Å²) in [6, 6.07) is 3.70. The van der Waals surface area contributed by atoms with Gasteiger partial charge in [-0.3, -0.25) is 9.78 Å². The lowest BCUT2D eigenvalue weighted by atomic mass is 10.2. The van der Waals surface area contributed by atoms with Crippen molar-refractivity contribution in [3.8, 4) is 0 Å². The highest BCUT2D eigenvalue weighted by Crippen LogP contribution is 2.32. The van der Waals surface area contributed by atoms with E-state index in [0.29, 0.717) is 13.0 Å². The molecule has 3 heterocycles. The number of hydrogen-bond donors (Lipinski definition) is 0. The van der Waals surface area contributed by atoms with Crippen molar-refractivity contribution in [2.24, 2.45) is 0 Å². The van der Waals surface area contributed by atoms with Crippen LogP contribution in [0.4, 0.5) is 0 Å². The Morgan fingerprint density at radius 3 is 2.78 bits per heavy atom. The Morgan fingerprint density at radius 2 is 2.13 bits per heavy atom. The molecule has 1 fully saturated rings. The lowest BCUT2D eigenvalue weighted by molar-refractivity contribution is 0.0760. The van der Waals surface area contributed by atoms with E-state index >= 15 is 0 Å². The lowest BCUT2D eigenvalue weighted by Gasteiger charge is -2.19. The highest BCUT2D eigenvalue weighted by atomic mass is 32.2. The van der Waals surface area contributed by atoms with Crippen molar-refractivity contribution >= 4 is 27.1 Å². The highest BCUT2D eigenvalue weighted by molar-refractivity contribution is 7.91. The van der Waals surface area contributed by atoms with E-state index < -0.39 is 15.1 Å². The van der Waals surface area contributed by atoms with Gasteiger partial charge in [0.25, 0.3) is 5.91 Å². The molecule has 1 atom stereocenters. The predicted octanol–water partition coefficient (Wildman–Crippen LogP) is 1.85. The van der Waals surface area contributed by atoms with Gasteiger partial charge >= 0.3 is 0 Å². The largest absolute Gasteiger partial charge is 0.336 e. The van der Waals surface area contributed by atoms with Gasteiger partial charge in [0.05, 0.1) is 22.9 Å². The fourth-order valence-electron chi connectivity index (χ4n) is 2.61. The lowest BCUT2D eigenvalue weighted by Crippen LogP contribution is -2.34. The Labute approximate surface area is 139 Å². The predicted molar refractivity (Wildman–Crippen MR) is 88.1 cm³/mol. The van der Waals surface area contributed by atoms with Crippen LogP contribution in [0.25, 0.3) is 0 Å². The smallest absolute Gasteiger partial charge is 0.274 e. The van der Waals surface area contributed by atoms with Gasteiger partial charge < -0.3 is 4.90 Å². The average molecular weight is 351 g/mol. The van der Waals surface area contributed by atoms with Crippen molar-refractivity contribution in [1.29, 1.82) is 0 Å². The number of sulfone groups is 1. The van der Waals surface area contributed by atoms with Crippen molar-refractivity contribution in [1.82, 2.24) is 14.9 Å². The van der Waals surface area contributed by atoms with Crippen LogP contribution in [0.1, 0.15) is 32.7 Å². The Hall–Kier alpha value is -1.80. The molecule has 0 radical (unpaired) electrons. The molecule has 0 aromatic carbocycles. The van der Waals surface area contributed by atoms with Gasteiger partial charge in [0.15, 0.2) is 9.84 Å². The molecule has 2 aromatic heterocycles. The number of hydrogen-bond acceptors (Lipinski definition) is 6. The van der Waals surface area contributed by atoms with Crippen LogP contribution in [0.15, 0.2) is 29.9 Å². The molecule has 0 aliphatic carbocycles. The SMILES string of the molecule is Cc1cnc(C(=O)N2CCC(c3cccs3)S(=O)(=O)CC2)cn1. The van der Waals surface area contributed by atoms with Crippen molar-refractivity contribution in [2.45, 2.75) is 18.6 Å². The minimum absolute atomic E-state index is 0.0272. The van der Waals surface area contributed by atoms with Crippen LogP contribution in [-0.2, 0) is 9.84 Å². The van der Waals surface area contributed by atoms with Gasteiger partial charge in [0.1, 0.15) is 5.69 Å². The van der Waals surface area contributed by atoms with Crippen molar-refractivity contribution in [3.63, 3.8) is 0 Å². The second-order valence-corrected chi connectivity index (χ2v) is 8.78. The fraction of sp³-hybridized carbons (Fsp3) is 0.400. The first-order valence-electron chi connectivity index (χ1n) is 7.30. The quantitative estimate of drug-likeness (QED) is 0.825. The summed E-state index contributed by atoms with van der Waals surface area (Å²) in [5.74, 6) is -0.292. The summed E-state index contributed by atoms with van der Waals surface area (Å²) in [5.41, 5.74) is 0.986. The average Bonchev–Trinajstić information content (AvgIpc) is 2.99. The van der Waals surface area contributed by atoms with Gasteiger partial charge in [0, 0.05) is 24.2 Å². The number of aromatic nitrogens is 2. The molecule has 1 amide bonds. The number of carbonyl (C=O) groups is 1. The summed E-state index contributed by atoms with van der Waals surface area (Å²) >= 11 is 1.44. The number of carbonyl (C=O) groups excluding carboxylic acids is 1. The molecule has 6 nitrogen and oxygen atoms in total. The van der Waals surface area contributed by atoms with Crippen LogP contribution in [-0.4, -0.2) is 48.0 Å². The highest BCUT2D eigenvalue weighted by Gasteiger charge is 2.33. The molecule has 1 saturated heterocycles. The van der Waals surface area contributed by atoms with E-state index in [0.717, 1.165) is 10.6 Å². The minimum Gasteiger partial charge on any atom is -0.336 e. The summed E-state index contributed by atoms with van der Waals surface area (Å²) in [4.78, 5) is 23.1. The molecule has 1 aliphatic heterocycles. The van der Waals surface area contributed by atoms with E-state index in [4.69, 9.17) is 0 Å². The zero-order valence-corrected chi connectivity index (χ0v) is 14.3. The second-order valence-electron chi connectivity index (χ2n) is 5.49. The maximum absolute atomic E-state index is 12.5. The molecule has 8 heteroatoms. The number of rotatable bonds is 2. The first-order valence-corrected chi connectivity index (χ1v) is 9.90. The molecule has 1 aliphatic rings. The number of nitrogens with zero attached hydrogens (tertiary/aromatic N) is 3. The normalized spacial score (nSPS) is 20.9. The summed E-state index contributed by atoms with van der Waals surface area (Å²) < 4.78 is 25.0. The van der Waals surface area contributed by atoms with E-state index in [9.17, 15) is 13.2 Å². The molecule has 0 bridgehead atoms. The van der Waals surface area contributed by atoms with E-state index in [1.54, 1.807) is 11.8 Å². The Kier molecular flexibility index (Phi) is 4.45. The molecule has 1 unspecified atom stereocenters. The zero-order chi connectivity index (χ0) is 16.4. The third kappa shape index (κ3) is 3.42. The van der Waals surface area contributed by atoms with Crippen molar-refractivity contribution in [2.75, 3.05) is 18.8 Å². The molecule has 23 heavy (non-hydrogen) atoms. The van der Waals surface area contributed by atoms with Crippen LogP contribution >= 0.6 is 11.3 Å². The standard InChI is InChI=1S/C15H17N3O3S2/c1-11-9-17-12(10-16-11)15(19)18-5-4-14(13-3-2-7-22-13)23(20,21)8-6-18/h2-3,7,9-10,14H,4-6,8H2,1H3. The first kappa shape index (κ1) is 16.1. The van der Waals surface area contributed by atoms with Crippen LogP contribution in [0.2, 0.25) is 0 Å². The van der Waals surface area contributed by atoms with Crippen LogP contribution in [0.5, 0.6) is 0 Å². The van der Waals surface area contributed by atoms with E-state index in [-0.39, 0.29) is 23.9 Å². The summed E-state index contributed by atoms with van der Waals surface area (Å²) in [6.45, 7) is 2.39. The fourth-order valence-corrected chi connectivity index (χ4v) is 5.61. The van der Waals surface area contributed by atoms with Crippen LogP contribution in [0, 0.1) is 6.92 Å². The summed E-state index contributed by atoms with van der Waals surface area (Å²) in [6.07, 6.45) is 3.39. The molecule has 0 N–H and O–H groups in total. The van der Waals surface area contributed by atoms with Gasteiger partial charge in [0.2, 0.25) is 0 Å². The van der Waals surface area contributed by atoms with Gasteiger partial charge in [-0.15, -0.1) is 11.3 Å².